The number of anilines is 1. The Bertz CT molecular complexity index is 716. The van der Waals surface area contributed by atoms with Crippen LogP contribution in [0.3, 0.4) is 0 Å². The van der Waals surface area contributed by atoms with Crippen LogP contribution < -0.4 is 5.73 Å². The molecular formula is C13H11ClN4. The summed E-state index contributed by atoms with van der Waals surface area (Å²) in [7, 11) is 0. The second kappa shape index (κ2) is 3.99. The molecule has 2 aromatic heterocycles. The number of halogens is 1. The van der Waals surface area contributed by atoms with Gasteiger partial charge in [-0.15, -0.1) is 5.10 Å². The number of nitrogens with two attached hydrogens (primary N) is 1. The molecular weight excluding hydrogens is 248 g/mol. The highest BCUT2D eigenvalue weighted by Gasteiger charge is 2.09. The van der Waals surface area contributed by atoms with E-state index in [-0.39, 0.29) is 0 Å². The maximum absolute atomic E-state index is 5.99. The Labute approximate surface area is 109 Å². The molecule has 1 aromatic carbocycles. The number of nitrogen functional groups attached to an aromatic ring is 1. The summed E-state index contributed by atoms with van der Waals surface area (Å²) in [5.41, 5.74) is 9.24. The average Bonchev–Trinajstić information content (AvgIpc) is 2.80. The van der Waals surface area contributed by atoms with Crippen molar-refractivity contribution in [2.24, 2.45) is 0 Å². The van der Waals surface area contributed by atoms with E-state index < -0.39 is 0 Å². The molecule has 0 aliphatic rings. The molecule has 0 atom stereocenters. The molecule has 0 saturated heterocycles. The number of aryl methyl sites for hydroxylation is 1. The van der Waals surface area contributed by atoms with Crippen LogP contribution >= 0.6 is 11.6 Å². The first-order chi connectivity index (χ1) is 8.65. The van der Waals surface area contributed by atoms with Crippen LogP contribution in [0.15, 0.2) is 36.5 Å². The van der Waals surface area contributed by atoms with E-state index in [0.717, 1.165) is 11.1 Å². The van der Waals surface area contributed by atoms with E-state index in [1.807, 2.05) is 43.5 Å². The Morgan fingerprint density at radius 1 is 1.17 bits per heavy atom. The molecule has 2 heterocycles. The van der Waals surface area contributed by atoms with Gasteiger partial charge in [-0.1, -0.05) is 11.6 Å². The van der Waals surface area contributed by atoms with Gasteiger partial charge in [0, 0.05) is 16.8 Å². The standard InChI is InChI=1S/C13H11ClN4/c1-8-6-7-18-13(11(8)15)16-12(17-18)9-2-4-10(14)5-3-9/h2-7H,15H2,1H3. The van der Waals surface area contributed by atoms with Gasteiger partial charge in [0.05, 0.1) is 5.69 Å². The minimum atomic E-state index is 0.643. The van der Waals surface area contributed by atoms with Gasteiger partial charge in [-0.05, 0) is 42.8 Å². The molecule has 0 bridgehead atoms. The van der Waals surface area contributed by atoms with Crippen LogP contribution in [0.4, 0.5) is 5.69 Å². The molecule has 18 heavy (non-hydrogen) atoms. The summed E-state index contributed by atoms with van der Waals surface area (Å²) in [6, 6.07) is 9.33. The molecule has 5 heteroatoms. The quantitative estimate of drug-likeness (QED) is 0.730. The van der Waals surface area contributed by atoms with Crippen LogP contribution in [0.25, 0.3) is 17.0 Å². The van der Waals surface area contributed by atoms with Crippen molar-refractivity contribution in [2.75, 3.05) is 5.73 Å². The molecule has 0 amide bonds. The number of aromatic nitrogens is 3. The lowest BCUT2D eigenvalue weighted by Gasteiger charge is -1.98. The minimum absolute atomic E-state index is 0.643. The molecule has 3 rings (SSSR count). The van der Waals surface area contributed by atoms with Crippen molar-refractivity contribution in [1.82, 2.24) is 14.6 Å². The average molecular weight is 259 g/mol. The van der Waals surface area contributed by atoms with Gasteiger partial charge >= 0.3 is 0 Å². The second-order valence-electron chi connectivity index (χ2n) is 4.12. The lowest BCUT2D eigenvalue weighted by molar-refractivity contribution is 0.964. The third kappa shape index (κ3) is 1.71. The van der Waals surface area contributed by atoms with Crippen molar-refractivity contribution in [1.29, 1.82) is 0 Å². The van der Waals surface area contributed by atoms with E-state index in [4.69, 9.17) is 17.3 Å². The highest BCUT2D eigenvalue weighted by Crippen LogP contribution is 2.22. The van der Waals surface area contributed by atoms with Crippen molar-refractivity contribution in [3.63, 3.8) is 0 Å². The zero-order chi connectivity index (χ0) is 12.7. The minimum Gasteiger partial charge on any atom is -0.395 e. The van der Waals surface area contributed by atoms with Gasteiger partial charge in [-0.2, -0.15) is 0 Å². The predicted octanol–water partition coefficient (Wildman–Crippen LogP) is 2.94. The third-order valence-electron chi connectivity index (χ3n) is 2.87. The van der Waals surface area contributed by atoms with E-state index in [1.54, 1.807) is 4.52 Å². The molecule has 0 spiro atoms. The number of rotatable bonds is 1. The van der Waals surface area contributed by atoms with E-state index in [1.165, 1.54) is 0 Å². The van der Waals surface area contributed by atoms with Gasteiger partial charge in [0.2, 0.25) is 0 Å². The summed E-state index contributed by atoms with van der Waals surface area (Å²) >= 11 is 5.86. The van der Waals surface area contributed by atoms with Crippen molar-refractivity contribution in [2.45, 2.75) is 6.92 Å². The van der Waals surface area contributed by atoms with Crippen LogP contribution in [-0.2, 0) is 0 Å². The predicted molar refractivity (Wildman–Crippen MR) is 72.6 cm³/mol. The highest BCUT2D eigenvalue weighted by molar-refractivity contribution is 6.30. The summed E-state index contributed by atoms with van der Waals surface area (Å²) in [6.07, 6.45) is 1.85. The first-order valence-corrected chi connectivity index (χ1v) is 5.90. The molecule has 0 aliphatic heterocycles. The summed E-state index contributed by atoms with van der Waals surface area (Å²) in [6.45, 7) is 1.95. The van der Waals surface area contributed by atoms with E-state index in [0.29, 0.717) is 22.2 Å². The SMILES string of the molecule is Cc1ccn2nc(-c3ccc(Cl)cc3)nc2c1N. The van der Waals surface area contributed by atoms with Gasteiger partial charge in [-0.25, -0.2) is 9.50 Å². The fraction of sp³-hybridized carbons (Fsp3) is 0.0769. The molecule has 0 saturated carbocycles. The molecule has 0 fully saturated rings. The number of nitrogens with zero attached hydrogens (tertiary/aromatic N) is 3. The highest BCUT2D eigenvalue weighted by atomic mass is 35.5. The van der Waals surface area contributed by atoms with E-state index in [9.17, 15) is 0 Å². The lowest BCUT2D eigenvalue weighted by atomic mass is 10.2. The van der Waals surface area contributed by atoms with E-state index >= 15 is 0 Å². The van der Waals surface area contributed by atoms with Crippen molar-refractivity contribution in [3.05, 3.63) is 47.1 Å². The molecule has 2 N–H and O–H groups in total. The molecule has 3 aromatic rings. The zero-order valence-corrected chi connectivity index (χ0v) is 10.5. The molecule has 4 nitrogen and oxygen atoms in total. The van der Waals surface area contributed by atoms with Gasteiger partial charge in [0.1, 0.15) is 0 Å². The Hall–Kier alpha value is -2.07. The summed E-state index contributed by atoms with van der Waals surface area (Å²) in [4.78, 5) is 4.46. The number of benzene rings is 1. The fourth-order valence-electron chi connectivity index (χ4n) is 1.78. The van der Waals surface area contributed by atoms with Crippen LogP contribution in [0.1, 0.15) is 5.56 Å². The van der Waals surface area contributed by atoms with Crippen molar-refractivity contribution in [3.8, 4) is 11.4 Å². The topological polar surface area (TPSA) is 56.2 Å². The number of hydrogen-bond acceptors (Lipinski definition) is 3. The van der Waals surface area contributed by atoms with E-state index in [2.05, 4.69) is 10.1 Å². The molecule has 90 valence electrons. The maximum atomic E-state index is 5.99. The van der Waals surface area contributed by atoms with Crippen molar-refractivity contribution >= 4 is 22.9 Å². The first-order valence-electron chi connectivity index (χ1n) is 5.52. The zero-order valence-electron chi connectivity index (χ0n) is 9.76. The van der Waals surface area contributed by atoms with Gasteiger partial charge in [0.15, 0.2) is 11.5 Å². The molecule has 0 unspecified atom stereocenters. The number of hydrogen-bond donors (Lipinski definition) is 1. The molecule has 0 radical (unpaired) electrons. The summed E-state index contributed by atoms with van der Waals surface area (Å²) in [5, 5.41) is 5.09. The summed E-state index contributed by atoms with van der Waals surface area (Å²) < 4.78 is 1.69. The third-order valence-corrected chi connectivity index (χ3v) is 3.12. The van der Waals surface area contributed by atoms with Gasteiger partial charge in [0.25, 0.3) is 0 Å². The maximum Gasteiger partial charge on any atom is 0.182 e. The number of fused-ring (bicyclic) bond motifs is 1. The first kappa shape index (κ1) is 11.0. The van der Waals surface area contributed by atoms with Crippen LogP contribution in [0, 0.1) is 6.92 Å². The van der Waals surface area contributed by atoms with Crippen LogP contribution in [0.2, 0.25) is 5.02 Å². The normalized spacial score (nSPS) is 11.0. The largest absolute Gasteiger partial charge is 0.395 e. The van der Waals surface area contributed by atoms with Crippen molar-refractivity contribution < 1.29 is 0 Å². The molecule has 0 aliphatic carbocycles. The smallest absolute Gasteiger partial charge is 0.182 e. The van der Waals surface area contributed by atoms with Crippen LogP contribution in [0.5, 0.6) is 0 Å². The number of pyridine rings is 1. The lowest BCUT2D eigenvalue weighted by Crippen LogP contribution is -1.96. The van der Waals surface area contributed by atoms with Crippen LogP contribution in [-0.4, -0.2) is 14.6 Å². The monoisotopic (exact) mass is 258 g/mol. The van der Waals surface area contributed by atoms with Gasteiger partial charge < -0.3 is 5.73 Å². The Morgan fingerprint density at radius 2 is 1.89 bits per heavy atom. The Morgan fingerprint density at radius 3 is 2.61 bits per heavy atom. The fourth-order valence-corrected chi connectivity index (χ4v) is 1.91. The Kier molecular flexibility index (Phi) is 2.45. The Balaban J connectivity index is 2.19. The summed E-state index contributed by atoms with van der Waals surface area (Å²) in [5.74, 6) is 0.643. The van der Waals surface area contributed by atoms with Gasteiger partial charge in [-0.3, -0.25) is 0 Å². The second-order valence-corrected chi connectivity index (χ2v) is 4.56.